The van der Waals surface area contributed by atoms with Crippen LogP contribution in [0.2, 0.25) is 0 Å². The topological polar surface area (TPSA) is 43.7 Å². The summed E-state index contributed by atoms with van der Waals surface area (Å²) in [6.07, 6.45) is 7.03. The molecule has 4 atom stereocenters. The van der Waals surface area contributed by atoms with Gasteiger partial charge in [-0.25, -0.2) is 0 Å². The Labute approximate surface area is 111 Å². The van der Waals surface area contributed by atoms with E-state index in [-0.39, 0.29) is 6.10 Å². The van der Waals surface area contributed by atoms with Crippen molar-refractivity contribution in [2.75, 3.05) is 26.2 Å². The normalized spacial score (nSPS) is 38.2. The molecular formula is C15H29NO2. The number of hydrogen-bond acceptors (Lipinski definition) is 3. The Morgan fingerprint density at radius 1 is 1.17 bits per heavy atom. The first-order valence-corrected chi connectivity index (χ1v) is 7.74. The maximum absolute atomic E-state index is 10.2. The summed E-state index contributed by atoms with van der Waals surface area (Å²) in [5, 5.41) is 19.3. The summed E-state index contributed by atoms with van der Waals surface area (Å²) in [7, 11) is 0. The van der Waals surface area contributed by atoms with Crippen LogP contribution in [-0.2, 0) is 0 Å². The predicted octanol–water partition coefficient (Wildman–Crippen LogP) is 1.88. The van der Waals surface area contributed by atoms with Gasteiger partial charge < -0.3 is 15.1 Å². The van der Waals surface area contributed by atoms with E-state index in [1.54, 1.807) is 0 Å². The molecule has 0 aromatic rings. The van der Waals surface area contributed by atoms with Gasteiger partial charge in [0.2, 0.25) is 0 Å². The molecule has 2 fully saturated rings. The molecule has 1 saturated heterocycles. The number of aliphatic hydroxyl groups excluding tert-OH is 2. The molecule has 3 heteroatoms. The van der Waals surface area contributed by atoms with E-state index >= 15 is 0 Å². The molecule has 1 aliphatic carbocycles. The summed E-state index contributed by atoms with van der Waals surface area (Å²) in [5.41, 5.74) is 0. The van der Waals surface area contributed by atoms with Crippen LogP contribution in [0.3, 0.4) is 0 Å². The summed E-state index contributed by atoms with van der Waals surface area (Å²) in [6, 6.07) is 0. The molecule has 1 heterocycles. The Kier molecular flexibility index (Phi) is 5.46. The predicted molar refractivity (Wildman–Crippen MR) is 73.4 cm³/mol. The summed E-state index contributed by atoms with van der Waals surface area (Å²) in [5.74, 6) is 1.77. The lowest BCUT2D eigenvalue weighted by molar-refractivity contribution is 0.0286. The monoisotopic (exact) mass is 255 g/mol. The molecule has 1 aliphatic heterocycles. The molecule has 2 rings (SSSR count). The molecule has 4 unspecified atom stereocenters. The van der Waals surface area contributed by atoms with Crippen LogP contribution in [0.25, 0.3) is 0 Å². The van der Waals surface area contributed by atoms with E-state index in [0.717, 1.165) is 38.4 Å². The van der Waals surface area contributed by atoms with Crippen LogP contribution in [0, 0.1) is 17.8 Å². The molecule has 0 aromatic heterocycles. The SMILES string of the molecule is CCCC1CCC(O)C(CN2CCC(CO)C2)C1. The van der Waals surface area contributed by atoms with Crippen molar-refractivity contribution in [1.29, 1.82) is 0 Å². The number of aliphatic hydroxyl groups is 2. The van der Waals surface area contributed by atoms with Gasteiger partial charge in [0.25, 0.3) is 0 Å². The Balaban J connectivity index is 1.79. The fourth-order valence-electron chi connectivity index (χ4n) is 3.77. The molecule has 18 heavy (non-hydrogen) atoms. The average Bonchev–Trinajstić information content (AvgIpc) is 2.81. The lowest BCUT2D eigenvalue weighted by atomic mass is 9.77. The van der Waals surface area contributed by atoms with Gasteiger partial charge in [0, 0.05) is 19.7 Å². The van der Waals surface area contributed by atoms with Crippen LogP contribution in [-0.4, -0.2) is 47.5 Å². The zero-order chi connectivity index (χ0) is 13.0. The minimum atomic E-state index is -0.0914. The van der Waals surface area contributed by atoms with Gasteiger partial charge in [-0.3, -0.25) is 0 Å². The minimum absolute atomic E-state index is 0.0914. The van der Waals surface area contributed by atoms with E-state index < -0.39 is 0 Å². The van der Waals surface area contributed by atoms with E-state index in [0.29, 0.717) is 18.4 Å². The minimum Gasteiger partial charge on any atom is -0.396 e. The van der Waals surface area contributed by atoms with Gasteiger partial charge in [0.05, 0.1) is 6.10 Å². The highest BCUT2D eigenvalue weighted by atomic mass is 16.3. The van der Waals surface area contributed by atoms with Crippen molar-refractivity contribution >= 4 is 0 Å². The number of nitrogens with zero attached hydrogens (tertiary/aromatic N) is 1. The summed E-state index contributed by atoms with van der Waals surface area (Å²) in [4.78, 5) is 2.45. The van der Waals surface area contributed by atoms with Crippen LogP contribution in [0.4, 0.5) is 0 Å². The molecule has 106 valence electrons. The maximum Gasteiger partial charge on any atom is 0.0580 e. The van der Waals surface area contributed by atoms with Gasteiger partial charge in [-0.1, -0.05) is 19.8 Å². The molecule has 3 nitrogen and oxygen atoms in total. The van der Waals surface area contributed by atoms with E-state index in [9.17, 15) is 10.2 Å². The molecular weight excluding hydrogens is 226 g/mol. The molecule has 0 aromatic carbocycles. The van der Waals surface area contributed by atoms with E-state index in [4.69, 9.17) is 0 Å². The Bertz CT molecular complexity index is 247. The maximum atomic E-state index is 10.2. The largest absolute Gasteiger partial charge is 0.396 e. The highest BCUT2D eigenvalue weighted by molar-refractivity contribution is 4.84. The molecule has 0 bridgehead atoms. The highest BCUT2D eigenvalue weighted by Gasteiger charge is 2.32. The van der Waals surface area contributed by atoms with Crippen LogP contribution in [0.5, 0.6) is 0 Å². The first-order chi connectivity index (χ1) is 8.72. The highest BCUT2D eigenvalue weighted by Crippen LogP contribution is 2.33. The zero-order valence-corrected chi connectivity index (χ0v) is 11.7. The van der Waals surface area contributed by atoms with Crippen molar-refractivity contribution in [2.24, 2.45) is 17.8 Å². The second-order valence-electron chi connectivity index (χ2n) is 6.39. The van der Waals surface area contributed by atoms with Crippen molar-refractivity contribution < 1.29 is 10.2 Å². The van der Waals surface area contributed by atoms with E-state index in [1.807, 2.05) is 0 Å². The molecule has 0 amide bonds. The van der Waals surface area contributed by atoms with E-state index in [2.05, 4.69) is 11.8 Å². The lowest BCUT2D eigenvalue weighted by Crippen LogP contribution is -2.38. The van der Waals surface area contributed by atoms with E-state index in [1.165, 1.54) is 25.7 Å². The van der Waals surface area contributed by atoms with Gasteiger partial charge in [-0.05, 0) is 50.0 Å². The van der Waals surface area contributed by atoms with Crippen LogP contribution in [0.15, 0.2) is 0 Å². The number of likely N-dealkylation sites (tertiary alicyclic amines) is 1. The van der Waals surface area contributed by atoms with Crippen LogP contribution < -0.4 is 0 Å². The fraction of sp³-hybridized carbons (Fsp3) is 1.00. The second kappa shape index (κ2) is 6.88. The average molecular weight is 255 g/mol. The first-order valence-electron chi connectivity index (χ1n) is 7.74. The Hall–Kier alpha value is -0.120. The third-order valence-corrected chi connectivity index (χ3v) is 4.87. The zero-order valence-electron chi connectivity index (χ0n) is 11.7. The molecule has 2 aliphatic rings. The molecule has 2 N–H and O–H groups in total. The summed E-state index contributed by atoms with van der Waals surface area (Å²) < 4.78 is 0. The summed E-state index contributed by atoms with van der Waals surface area (Å²) in [6.45, 7) is 5.75. The van der Waals surface area contributed by atoms with Gasteiger partial charge in [-0.2, -0.15) is 0 Å². The van der Waals surface area contributed by atoms with Crippen molar-refractivity contribution in [1.82, 2.24) is 4.90 Å². The van der Waals surface area contributed by atoms with Gasteiger partial charge in [-0.15, -0.1) is 0 Å². The van der Waals surface area contributed by atoms with Gasteiger partial charge >= 0.3 is 0 Å². The fourth-order valence-corrected chi connectivity index (χ4v) is 3.77. The Morgan fingerprint density at radius 3 is 2.67 bits per heavy atom. The molecule has 0 radical (unpaired) electrons. The third kappa shape index (κ3) is 3.69. The number of hydrogen-bond donors (Lipinski definition) is 2. The third-order valence-electron chi connectivity index (χ3n) is 4.87. The van der Waals surface area contributed by atoms with Crippen molar-refractivity contribution in [2.45, 2.75) is 51.6 Å². The second-order valence-corrected chi connectivity index (χ2v) is 6.39. The smallest absolute Gasteiger partial charge is 0.0580 e. The van der Waals surface area contributed by atoms with Gasteiger partial charge in [0.1, 0.15) is 0 Å². The van der Waals surface area contributed by atoms with Crippen LogP contribution in [0.1, 0.15) is 45.4 Å². The molecule has 0 spiro atoms. The lowest BCUT2D eigenvalue weighted by Gasteiger charge is -2.35. The standard InChI is InChI=1S/C15H29NO2/c1-2-3-12-4-5-15(18)14(8-12)10-16-7-6-13(9-16)11-17/h12-15,17-18H,2-11H2,1H3. The van der Waals surface area contributed by atoms with Crippen molar-refractivity contribution in [3.8, 4) is 0 Å². The van der Waals surface area contributed by atoms with Crippen molar-refractivity contribution in [3.05, 3.63) is 0 Å². The van der Waals surface area contributed by atoms with Crippen molar-refractivity contribution in [3.63, 3.8) is 0 Å². The summed E-state index contributed by atoms with van der Waals surface area (Å²) >= 11 is 0. The van der Waals surface area contributed by atoms with Gasteiger partial charge in [0.15, 0.2) is 0 Å². The Morgan fingerprint density at radius 2 is 2.00 bits per heavy atom. The first kappa shape index (κ1) is 14.3. The number of rotatable bonds is 5. The quantitative estimate of drug-likeness (QED) is 0.788. The molecule has 1 saturated carbocycles. The van der Waals surface area contributed by atoms with Crippen LogP contribution >= 0.6 is 0 Å².